The molecule has 1 saturated heterocycles. The zero-order valence-corrected chi connectivity index (χ0v) is 9.48. The first-order chi connectivity index (χ1) is 7.89. The maximum Gasteiger partial charge on any atom is 0.213 e. The Morgan fingerprint density at radius 1 is 1.50 bits per heavy atom. The summed E-state index contributed by atoms with van der Waals surface area (Å²) in [6.07, 6.45) is 5.81. The molecule has 0 bridgehead atoms. The highest BCUT2D eigenvalue weighted by molar-refractivity contribution is 5.10. The lowest BCUT2D eigenvalue weighted by Gasteiger charge is -2.27. The lowest BCUT2D eigenvalue weighted by molar-refractivity contribution is 0.134. The molecular formula is C13H18N2O. The Morgan fingerprint density at radius 3 is 3.38 bits per heavy atom. The largest absolute Gasteiger partial charge is 0.477 e. The van der Waals surface area contributed by atoms with E-state index in [2.05, 4.69) is 10.3 Å². The van der Waals surface area contributed by atoms with Crippen LogP contribution >= 0.6 is 0 Å². The SMILES string of the molecule is c1ccc(OC[C@@]23CCC[C@@H]2CNC3)nc1. The van der Waals surface area contributed by atoms with Crippen molar-refractivity contribution in [2.24, 2.45) is 11.3 Å². The van der Waals surface area contributed by atoms with Gasteiger partial charge in [0.15, 0.2) is 0 Å². The normalized spacial score (nSPS) is 32.6. The molecule has 1 saturated carbocycles. The molecule has 1 aliphatic carbocycles. The third-order valence-electron chi connectivity index (χ3n) is 4.11. The van der Waals surface area contributed by atoms with Crippen molar-refractivity contribution in [2.45, 2.75) is 19.3 Å². The smallest absolute Gasteiger partial charge is 0.213 e. The number of ether oxygens (including phenoxy) is 1. The number of nitrogens with one attached hydrogen (secondary N) is 1. The highest BCUT2D eigenvalue weighted by atomic mass is 16.5. The van der Waals surface area contributed by atoms with E-state index in [-0.39, 0.29) is 0 Å². The molecule has 2 atom stereocenters. The maximum atomic E-state index is 5.84. The van der Waals surface area contributed by atoms with E-state index in [0.29, 0.717) is 5.41 Å². The highest BCUT2D eigenvalue weighted by Crippen LogP contribution is 2.45. The molecule has 0 radical (unpaired) electrons. The second-order valence-electron chi connectivity index (χ2n) is 5.04. The molecule has 3 rings (SSSR count). The predicted molar refractivity (Wildman–Crippen MR) is 62.4 cm³/mol. The van der Waals surface area contributed by atoms with Crippen molar-refractivity contribution in [2.75, 3.05) is 19.7 Å². The highest BCUT2D eigenvalue weighted by Gasteiger charge is 2.46. The zero-order valence-electron chi connectivity index (χ0n) is 9.48. The molecular weight excluding hydrogens is 200 g/mol. The number of hydrogen-bond acceptors (Lipinski definition) is 3. The van der Waals surface area contributed by atoms with Gasteiger partial charge in [0, 0.05) is 24.2 Å². The van der Waals surface area contributed by atoms with Gasteiger partial charge in [0.1, 0.15) is 0 Å². The average molecular weight is 218 g/mol. The molecule has 0 aromatic carbocycles. The topological polar surface area (TPSA) is 34.1 Å². The molecule has 2 aliphatic rings. The van der Waals surface area contributed by atoms with E-state index in [1.54, 1.807) is 6.20 Å². The van der Waals surface area contributed by atoms with Crippen molar-refractivity contribution < 1.29 is 4.74 Å². The van der Waals surface area contributed by atoms with Crippen molar-refractivity contribution in [1.82, 2.24) is 10.3 Å². The van der Waals surface area contributed by atoms with Crippen molar-refractivity contribution in [3.63, 3.8) is 0 Å². The molecule has 1 aliphatic heterocycles. The summed E-state index contributed by atoms with van der Waals surface area (Å²) in [5.74, 6) is 1.57. The van der Waals surface area contributed by atoms with Crippen molar-refractivity contribution in [3.05, 3.63) is 24.4 Å². The number of rotatable bonds is 3. The second-order valence-corrected chi connectivity index (χ2v) is 5.04. The number of hydrogen-bond donors (Lipinski definition) is 1. The fourth-order valence-corrected chi connectivity index (χ4v) is 3.15. The van der Waals surface area contributed by atoms with Gasteiger partial charge in [-0.05, 0) is 31.4 Å². The first-order valence-electron chi connectivity index (χ1n) is 6.14. The molecule has 1 aromatic rings. The van der Waals surface area contributed by atoms with Crippen molar-refractivity contribution in [3.8, 4) is 5.88 Å². The Bertz CT molecular complexity index is 342. The fourth-order valence-electron chi connectivity index (χ4n) is 3.15. The third kappa shape index (κ3) is 1.69. The monoisotopic (exact) mass is 218 g/mol. The fraction of sp³-hybridized carbons (Fsp3) is 0.615. The van der Waals surface area contributed by atoms with E-state index in [0.717, 1.165) is 24.9 Å². The van der Waals surface area contributed by atoms with E-state index >= 15 is 0 Å². The summed E-state index contributed by atoms with van der Waals surface area (Å²) in [6, 6.07) is 5.82. The van der Waals surface area contributed by atoms with E-state index in [1.165, 1.54) is 25.8 Å². The number of fused-ring (bicyclic) bond motifs is 1. The molecule has 2 heterocycles. The van der Waals surface area contributed by atoms with Gasteiger partial charge < -0.3 is 10.1 Å². The summed E-state index contributed by atoms with van der Waals surface area (Å²) in [6.45, 7) is 3.11. The van der Waals surface area contributed by atoms with Crippen LogP contribution in [0.1, 0.15) is 19.3 Å². The molecule has 3 heteroatoms. The third-order valence-corrected chi connectivity index (χ3v) is 4.11. The van der Waals surface area contributed by atoms with Gasteiger partial charge in [0.2, 0.25) is 5.88 Å². The van der Waals surface area contributed by atoms with E-state index in [1.807, 2.05) is 18.2 Å². The van der Waals surface area contributed by atoms with Crippen molar-refractivity contribution >= 4 is 0 Å². The lowest BCUT2D eigenvalue weighted by Crippen LogP contribution is -2.32. The van der Waals surface area contributed by atoms with Gasteiger partial charge in [-0.3, -0.25) is 0 Å². The summed E-state index contributed by atoms with van der Waals surface area (Å²) in [5.41, 5.74) is 0.386. The van der Waals surface area contributed by atoms with Gasteiger partial charge in [-0.1, -0.05) is 12.5 Å². The second kappa shape index (κ2) is 4.06. The Balaban J connectivity index is 1.66. The molecule has 0 amide bonds. The molecule has 1 aromatic heterocycles. The minimum absolute atomic E-state index is 0.386. The molecule has 16 heavy (non-hydrogen) atoms. The summed E-state index contributed by atoms with van der Waals surface area (Å²) in [5, 5.41) is 3.50. The first-order valence-corrected chi connectivity index (χ1v) is 6.14. The van der Waals surface area contributed by atoms with Crippen LogP contribution < -0.4 is 10.1 Å². The standard InChI is InChI=1S/C13H18N2O/c1-2-7-15-12(5-1)16-10-13-6-3-4-11(13)8-14-9-13/h1-2,5,7,11,14H,3-4,6,8-10H2/t11-,13+/m1/s1. The molecule has 86 valence electrons. The predicted octanol–water partition coefficient (Wildman–Crippen LogP) is 1.85. The van der Waals surface area contributed by atoms with Crippen LogP contribution in [-0.4, -0.2) is 24.7 Å². The number of aromatic nitrogens is 1. The minimum atomic E-state index is 0.386. The van der Waals surface area contributed by atoms with E-state index in [9.17, 15) is 0 Å². The van der Waals surface area contributed by atoms with Gasteiger partial charge in [-0.15, -0.1) is 0 Å². The molecule has 0 unspecified atom stereocenters. The van der Waals surface area contributed by atoms with Crippen LogP contribution in [0.2, 0.25) is 0 Å². The molecule has 3 nitrogen and oxygen atoms in total. The van der Waals surface area contributed by atoms with Gasteiger partial charge in [-0.2, -0.15) is 0 Å². The van der Waals surface area contributed by atoms with Crippen LogP contribution in [0, 0.1) is 11.3 Å². The van der Waals surface area contributed by atoms with Gasteiger partial charge in [-0.25, -0.2) is 4.98 Å². The van der Waals surface area contributed by atoms with Crippen LogP contribution in [0.5, 0.6) is 5.88 Å². The Kier molecular flexibility index (Phi) is 2.56. The van der Waals surface area contributed by atoms with Crippen molar-refractivity contribution in [1.29, 1.82) is 0 Å². The lowest BCUT2D eigenvalue weighted by atomic mass is 9.82. The molecule has 1 N–H and O–H groups in total. The first kappa shape index (κ1) is 10.1. The summed E-state index contributed by atoms with van der Waals surface area (Å²) >= 11 is 0. The summed E-state index contributed by atoms with van der Waals surface area (Å²) in [7, 11) is 0. The summed E-state index contributed by atoms with van der Waals surface area (Å²) in [4.78, 5) is 4.21. The van der Waals surface area contributed by atoms with Crippen LogP contribution in [0.25, 0.3) is 0 Å². The Morgan fingerprint density at radius 2 is 2.50 bits per heavy atom. The maximum absolute atomic E-state index is 5.84. The zero-order chi connectivity index (χ0) is 10.8. The Hall–Kier alpha value is -1.09. The van der Waals surface area contributed by atoms with Crippen LogP contribution in [0.15, 0.2) is 24.4 Å². The molecule has 2 fully saturated rings. The van der Waals surface area contributed by atoms with Gasteiger partial charge in [0.05, 0.1) is 6.61 Å². The van der Waals surface area contributed by atoms with Gasteiger partial charge in [0.25, 0.3) is 0 Å². The number of pyridine rings is 1. The van der Waals surface area contributed by atoms with Crippen LogP contribution in [-0.2, 0) is 0 Å². The van der Waals surface area contributed by atoms with E-state index in [4.69, 9.17) is 4.74 Å². The van der Waals surface area contributed by atoms with E-state index < -0.39 is 0 Å². The Labute approximate surface area is 96.2 Å². The van der Waals surface area contributed by atoms with Gasteiger partial charge >= 0.3 is 0 Å². The summed E-state index contributed by atoms with van der Waals surface area (Å²) < 4.78 is 5.84. The van der Waals surface area contributed by atoms with Crippen LogP contribution in [0.4, 0.5) is 0 Å². The molecule has 0 spiro atoms. The average Bonchev–Trinajstić information content (AvgIpc) is 2.87. The quantitative estimate of drug-likeness (QED) is 0.840. The minimum Gasteiger partial charge on any atom is -0.477 e. The number of nitrogens with zero attached hydrogens (tertiary/aromatic N) is 1. The van der Waals surface area contributed by atoms with Crippen LogP contribution in [0.3, 0.4) is 0 Å².